The first-order chi connectivity index (χ1) is 12.8. The van der Waals surface area contributed by atoms with E-state index >= 15 is 0 Å². The number of rotatable bonds is 8. The molecule has 152 valence electrons. The van der Waals surface area contributed by atoms with Gasteiger partial charge in [0.25, 0.3) is 5.79 Å². The minimum absolute atomic E-state index is 0.120. The van der Waals surface area contributed by atoms with E-state index in [2.05, 4.69) is 11.7 Å². The van der Waals surface area contributed by atoms with Crippen molar-refractivity contribution in [2.24, 2.45) is 0 Å². The van der Waals surface area contributed by atoms with Gasteiger partial charge in [0.2, 0.25) is 0 Å². The number of unbranched alkanes of at least 4 members (excludes halogenated alkanes) is 3. The summed E-state index contributed by atoms with van der Waals surface area (Å²) in [4.78, 5) is 11.7. The van der Waals surface area contributed by atoms with Gasteiger partial charge in [-0.2, -0.15) is 13.2 Å². The van der Waals surface area contributed by atoms with E-state index in [4.69, 9.17) is 9.47 Å². The van der Waals surface area contributed by atoms with Crippen LogP contribution in [0.15, 0.2) is 30.3 Å². The highest BCUT2D eigenvalue weighted by atomic mass is 19.4. The number of halogens is 3. The molecular formula is C20H27F3O4. The van der Waals surface area contributed by atoms with E-state index < -0.39 is 30.1 Å². The van der Waals surface area contributed by atoms with Gasteiger partial charge in [-0.25, -0.2) is 0 Å². The summed E-state index contributed by atoms with van der Waals surface area (Å²) >= 11 is 0. The molecule has 0 N–H and O–H groups in total. The van der Waals surface area contributed by atoms with Gasteiger partial charge in [-0.3, -0.25) is 4.79 Å². The van der Waals surface area contributed by atoms with Crippen molar-refractivity contribution in [2.45, 2.75) is 76.0 Å². The van der Waals surface area contributed by atoms with Crippen LogP contribution in [0, 0.1) is 0 Å². The molecule has 1 aliphatic heterocycles. The summed E-state index contributed by atoms with van der Waals surface area (Å²) in [6, 6.07) is 7.32. The van der Waals surface area contributed by atoms with Crippen LogP contribution in [0.2, 0.25) is 0 Å². The first-order valence-corrected chi connectivity index (χ1v) is 9.37. The second-order valence-corrected chi connectivity index (χ2v) is 6.83. The summed E-state index contributed by atoms with van der Waals surface area (Å²) in [6.07, 6.45) is -2.11. The summed E-state index contributed by atoms with van der Waals surface area (Å²) in [6.45, 7) is 2.07. The van der Waals surface area contributed by atoms with E-state index in [1.807, 2.05) is 0 Å². The maximum atomic E-state index is 14.1. The molecule has 4 nitrogen and oxygen atoms in total. The van der Waals surface area contributed by atoms with E-state index in [0.29, 0.717) is 6.42 Å². The van der Waals surface area contributed by atoms with Crippen LogP contribution >= 0.6 is 0 Å². The Bertz CT molecular complexity index is 591. The number of esters is 1. The van der Waals surface area contributed by atoms with Gasteiger partial charge in [0, 0.05) is 12.0 Å². The average molecular weight is 388 g/mol. The van der Waals surface area contributed by atoms with Crippen LogP contribution in [-0.4, -0.2) is 31.5 Å². The van der Waals surface area contributed by atoms with Crippen LogP contribution in [0.1, 0.15) is 57.4 Å². The van der Waals surface area contributed by atoms with Crippen LogP contribution in [0.25, 0.3) is 0 Å². The van der Waals surface area contributed by atoms with Crippen LogP contribution < -0.4 is 0 Å². The Kier molecular flexibility index (Phi) is 7.68. The first-order valence-electron chi connectivity index (χ1n) is 9.37. The molecule has 1 aromatic carbocycles. The number of carbonyl (C=O) groups excluding carboxylic acids is 1. The van der Waals surface area contributed by atoms with Gasteiger partial charge >= 0.3 is 12.1 Å². The lowest BCUT2D eigenvalue weighted by Gasteiger charge is -2.45. The van der Waals surface area contributed by atoms with E-state index in [1.54, 1.807) is 6.07 Å². The molecule has 0 radical (unpaired) electrons. The zero-order valence-corrected chi connectivity index (χ0v) is 15.8. The fraction of sp³-hybridized carbons (Fsp3) is 0.650. The van der Waals surface area contributed by atoms with Crippen molar-refractivity contribution in [1.82, 2.24) is 0 Å². The maximum absolute atomic E-state index is 14.1. The Morgan fingerprint density at radius 3 is 2.41 bits per heavy atom. The second kappa shape index (κ2) is 9.55. The summed E-state index contributed by atoms with van der Waals surface area (Å²) in [5.41, 5.74) is -0.120. The highest BCUT2D eigenvalue weighted by Crippen LogP contribution is 2.49. The van der Waals surface area contributed by atoms with Gasteiger partial charge in [-0.1, -0.05) is 62.9 Å². The largest absolute Gasteiger partial charge is 0.469 e. The summed E-state index contributed by atoms with van der Waals surface area (Å²) in [7, 11) is 1.21. The Balaban J connectivity index is 2.30. The molecule has 0 aliphatic carbocycles. The number of ether oxygens (including phenoxy) is 3. The second-order valence-electron chi connectivity index (χ2n) is 6.83. The van der Waals surface area contributed by atoms with Crippen molar-refractivity contribution in [3.05, 3.63) is 35.9 Å². The Morgan fingerprint density at radius 1 is 1.15 bits per heavy atom. The normalized spacial score (nSPS) is 26.0. The minimum atomic E-state index is -4.79. The Morgan fingerprint density at radius 2 is 1.81 bits per heavy atom. The zero-order valence-electron chi connectivity index (χ0n) is 15.8. The lowest BCUT2D eigenvalue weighted by Crippen LogP contribution is -2.55. The van der Waals surface area contributed by atoms with Gasteiger partial charge in [0.15, 0.2) is 0 Å². The first kappa shape index (κ1) is 21.7. The lowest BCUT2D eigenvalue weighted by molar-refractivity contribution is -0.434. The molecule has 1 heterocycles. The van der Waals surface area contributed by atoms with Gasteiger partial charge < -0.3 is 14.2 Å². The molecule has 0 bridgehead atoms. The van der Waals surface area contributed by atoms with E-state index in [-0.39, 0.29) is 18.4 Å². The van der Waals surface area contributed by atoms with Gasteiger partial charge in [0.1, 0.15) is 0 Å². The fourth-order valence-corrected chi connectivity index (χ4v) is 3.35. The van der Waals surface area contributed by atoms with Crippen molar-refractivity contribution in [1.29, 1.82) is 0 Å². The van der Waals surface area contributed by atoms with Crippen LogP contribution in [0.4, 0.5) is 13.2 Å². The van der Waals surface area contributed by atoms with Crippen molar-refractivity contribution < 1.29 is 32.2 Å². The monoisotopic (exact) mass is 388 g/mol. The Labute approximate surface area is 158 Å². The van der Waals surface area contributed by atoms with Crippen LogP contribution in [-0.2, 0) is 24.8 Å². The number of hydrogen-bond acceptors (Lipinski definition) is 4. The molecule has 0 saturated carbocycles. The number of benzene rings is 1. The molecule has 2 rings (SSSR count). The molecule has 1 fully saturated rings. The zero-order chi connectivity index (χ0) is 19.9. The van der Waals surface area contributed by atoms with E-state index in [1.165, 1.54) is 31.4 Å². The molecule has 2 unspecified atom stereocenters. The molecule has 1 aromatic rings. The van der Waals surface area contributed by atoms with Crippen LogP contribution in [0.5, 0.6) is 0 Å². The third kappa shape index (κ3) is 5.45. The highest BCUT2D eigenvalue weighted by Gasteiger charge is 2.63. The quantitative estimate of drug-likeness (QED) is 0.459. The van der Waals surface area contributed by atoms with Crippen molar-refractivity contribution >= 4 is 5.97 Å². The molecule has 0 aromatic heterocycles. The highest BCUT2D eigenvalue weighted by molar-refractivity contribution is 5.69. The molecule has 0 amide bonds. The molecule has 1 saturated heterocycles. The van der Waals surface area contributed by atoms with Crippen molar-refractivity contribution in [2.75, 3.05) is 7.11 Å². The molecule has 3 atom stereocenters. The predicted octanol–water partition coefficient (Wildman–Crippen LogP) is 5.11. The molecule has 7 heteroatoms. The molecular weight excluding hydrogens is 361 g/mol. The summed E-state index contributed by atoms with van der Waals surface area (Å²) in [5.74, 6) is -3.48. The SMILES string of the molecule is CCCCCCC1CC(CC(=O)OC)O[C@](c2ccccc2)(C(F)(F)F)O1. The van der Waals surface area contributed by atoms with Crippen molar-refractivity contribution in [3.8, 4) is 0 Å². The molecule has 1 aliphatic rings. The number of carbonyl (C=O) groups is 1. The smallest absolute Gasteiger partial charge is 0.448 e. The van der Waals surface area contributed by atoms with E-state index in [9.17, 15) is 18.0 Å². The average Bonchev–Trinajstić information content (AvgIpc) is 2.64. The Hall–Kier alpha value is -1.60. The van der Waals surface area contributed by atoms with Gasteiger partial charge in [-0.15, -0.1) is 0 Å². The topological polar surface area (TPSA) is 44.8 Å². The lowest BCUT2D eigenvalue weighted by atomic mass is 9.96. The standard InChI is InChI=1S/C20H27F3O4/c1-3-4-5-9-12-16-13-17(14-18(24)25-2)27-19(26-16,20(21,22)23)15-10-7-6-8-11-15/h6-8,10-11,16-17H,3-5,9,12-14H2,1-2H3/t16?,17?,19-/m1/s1. The molecule has 27 heavy (non-hydrogen) atoms. The summed E-state index contributed by atoms with van der Waals surface area (Å²) < 4.78 is 58.0. The minimum Gasteiger partial charge on any atom is -0.469 e. The van der Waals surface area contributed by atoms with Crippen LogP contribution in [0.3, 0.4) is 0 Å². The van der Waals surface area contributed by atoms with Gasteiger partial charge in [-0.05, 0) is 6.42 Å². The predicted molar refractivity (Wildman–Crippen MR) is 93.9 cm³/mol. The van der Waals surface area contributed by atoms with Gasteiger partial charge in [0.05, 0.1) is 25.7 Å². The van der Waals surface area contributed by atoms with Crippen molar-refractivity contribution in [3.63, 3.8) is 0 Å². The summed E-state index contributed by atoms with van der Waals surface area (Å²) in [5, 5.41) is 0. The number of alkyl halides is 3. The third-order valence-corrected chi connectivity index (χ3v) is 4.72. The number of methoxy groups -OCH3 is 1. The van der Waals surface area contributed by atoms with E-state index in [0.717, 1.165) is 25.7 Å². The maximum Gasteiger partial charge on any atom is 0.448 e. The molecule has 0 spiro atoms. The third-order valence-electron chi connectivity index (χ3n) is 4.72. The number of hydrogen-bond donors (Lipinski definition) is 0. The fourth-order valence-electron chi connectivity index (χ4n) is 3.35.